The smallest absolute Gasteiger partial charge is 0.407 e. The summed E-state index contributed by atoms with van der Waals surface area (Å²) in [5, 5.41) is 12.6. The van der Waals surface area contributed by atoms with Gasteiger partial charge in [0.25, 0.3) is 11.8 Å². The molecule has 0 bridgehead atoms. The van der Waals surface area contributed by atoms with E-state index < -0.39 is 6.09 Å². The van der Waals surface area contributed by atoms with Crippen LogP contribution in [-0.4, -0.2) is 32.8 Å². The van der Waals surface area contributed by atoms with Crippen LogP contribution in [0.3, 0.4) is 0 Å². The Balaban J connectivity index is 2.23. The standard InChI is InChI=1S/C9H14N4O3/c1-5-2-3-13(9(14)15)6(4-5)7-11-8(10)12-16-7/h5-6H,2-4H2,1H3,(H2,10,12)(H,14,15)/t5?,6-/m1/s1. The summed E-state index contributed by atoms with van der Waals surface area (Å²) >= 11 is 0. The van der Waals surface area contributed by atoms with Crippen LogP contribution in [0.25, 0.3) is 0 Å². The maximum atomic E-state index is 11.1. The summed E-state index contributed by atoms with van der Waals surface area (Å²) < 4.78 is 4.94. The molecule has 2 heterocycles. The molecular formula is C9H14N4O3. The van der Waals surface area contributed by atoms with E-state index in [0.29, 0.717) is 18.9 Å². The molecule has 1 aromatic heterocycles. The molecule has 0 aromatic carbocycles. The van der Waals surface area contributed by atoms with Crippen LogP contribution in [-0.2, 0) is 0 Å². The van der Waals surface area contributed by atoms with Gasteiger partial charge < -0.3 is 15.4 Å². The maximum Gasteiger partial charge on any atom is 0.407 e. The van der Waals surface area contributed by atoms with Crippen LogP contribution in [0.4, 0.5) is 10.7 Å². The monoisotopic (exact) mass is 226 g/mol. The van der Waals surface area contributed by atoms with Gasteiger partial charge in [0.15, 0.2) is 0 Å². The lowest BCUT2D eigenvalue weighted by Crippen LogP contribution is -2.39. The topological polar surface area (TPSA) is 105 Å². The molecular weight excluding hydrogens is 212 g/mol. The number of rotatable bonds is 1. The van der Waals surface area contributed by atoms with Crippen LogP contribution in [0.2, 0.25) is 0 Å². The molecule has 88 valence electrons. The summed E-state index contributed by atoms with van der Waals surface area (Å²) in [5.41, 5.74) is 5.36. The van der Waals surface area contributed by atoms with E-state index in [1.165, 1.54) is 4.90 Å². The highest BCUT2D eigenvalue weighted by atomic mass is 16.5. The van der Waals surface area contributed by atoms with Crippen molar-refractivity contribution in [3.63, 3.8) is 0 Å². The Morgan fingerprint density at radius 2 is 2.44 bits per heavy atom. The predicted molar refractivity (Wildman–Crippen MR) is 54.6 cm³/mol. The van der Waals surface area contributed by atoms with E-state index in [-0.39, 0.29) is 17.9 Å². The van der Waals surface area contributed by atoms with E-state index in [0.717, 1.165) is 6.42 Å². The highest BCUT2D eigenvalue weighted by Gasteiger charge is 2.34. The van der Waals surface area contributed by atoms with Crippen molar-refractivity contribution in [2.75, 3.05) is 12.3 Å². The van der Waals surface area contributed by atoms with Gasteiger partial charge in [0, 0.05) is 6.54 Å². The molecule has 1 fully saturated rings. The first-order chi connectivity index (χ1) is 7.58. The van der Waals surface area contributed by atoms with E-state index in [2.05, 4.69) is 17.1 Å². The number of hydrogen-bond donors (Lipinski definition) is 2. The second-order valence-electron chi connectivity index (χ2n) is 4.11. The molecule has 0 spiro atoms. The van der Waals surface area contributed by atoms with E-state index in [4.69, 9.17) is 15.4 Å². The minimum absolute atomic E-state index is 0.0403. The average Bonchev–Trinajstić information content (AvgIpc) is 2.64. The fourth-order valence-corrected chi connectivity index (χ4v) is 1.99. The zero-order chi connectivity index (χ0) is 11.7. The minimum Gasteiger partial charge on any atom is -0.465 e. The summed E-state index contributed by atoms with van der Waals surface area (Å²) in [5.74, 6) is 0.763. The van der Waals surface area contributed by atoms with Gasteiger partial charge in [0.05, 0.1) is 0 Å². The summed E-state index contributed by atoms with van der Waals surface area (Å²) in [6.07, 6.45) is 0.578. The maximum absolute atomic E-state index is 11.1. The SMILES string of the molecule is CC1CCN(C(=O)O)[C@@H](c2nc(N)no2)C1. The zero-order valence-electron chi connectivity index (χ0n) is 8.96. The third-order valence-corrected chi connectivity index (χ3v) is 2.85. The van der Waals surface area contributed by atoms with Gasteiger partial charge in [-0.25, -0.2) is 4.79 Å². The number of piperidine rings is 1. The number of aromatic nitrogens is 2. The predicted octanol–water partition coefficient (Wildman–Crippen LogP) is 1.10. The van der Waals surface area contributed by atoms with Gasteiger partial charge in [-0.3, -0.25) is 4.90 Å². The van der Waals surface area contributed by atoms with Gasteiger partial charge in [0.1, 0.15) is 6.04 Å². The van der Waals surface area contributed by atoms with Crippen LogP contribution in [0.15, 0.2) is 4.52 Å². The van der Waals surface area contributed by atoms with Crippen molar-refractivity contribution in [2.24, 2.45) is 5.92 Å². The fraction of sp³-hybridized carbons (Fsp3) is 0.667. The lowest BCUT2D eigenvalue weighted by atomic mass is 9.93. The van der Waals surface area contributed by atoms with E-state index in [9.17, 15) is 4.79 Å². The van der Waals surface area contributed by atoms with Crippen molar-refractivity contribution >= 4 is 12.0 Å². The molecule has 7 heteroatoms. The van der Waals surface area contributed by atoms with Gasteiger partial charge in [-0.05, 0) is 23.9 Å². The van der Waals surface area contributed by atoms with Crippen LogP contribution < -0.4 is 5.73 Å². The lowest BCUT2D eigenvalue weighted by molar-refractivity contribution is 0.0786. The molecule has 2 rings (SSSR count). The number of anilines is 1. The Labute approximate surface area is 92.2 Å². The highest BCUT2D eigenvalue weighted by Crippen LogP contribution is 2.33. The van der Waals surface area contributed by atoms with Crippen molar-refractivity contribution in [2.45, 2.75) is 25.8 Å². The molecule has 16 heavy (non-hydrogen) atoms. The summed E-state index contributed by atoms with van der Waals surface area (Å²) in [7, 11) is 0. The number of carbonyl (C=O) groups is 1. The molecule has 0 radical (unpaired) electrons. The minimum atomic E-state index is -0.964. The average molecular weight is 226 g/mol. The summed E-state index contributed by atoms with van der Waals surface area (Å²) in [6, 6.07) is -0.369. The van der Waals surface area contributed by atoms with Crippen LogP contribution >= 0.6 is 0 Å². The molecule has 1 aliphatic rings. The molecule has 7 nitrogen and oxygen atoms in total. The Morgan fingerprint density at radius 3 is 3.00 bits per heavy atom. The second-order valence-corrected chi connectivity index (χ2v) is 4.11. The third-order valence-electron chi connectivity index (χ3n) is 2.85. The molecule has 1 unspecified atom stereocenters. The Bertz CT molecular complexity index is 392. The van der Waals surface area contributed by atoms with Crippen molar-refractivity contribution in [3.05, 3.63) is 5.89 Å². The highest BCUT2D eigenvalue weighted by molar-refractivity contribution is 5.65. The molecule has 1 aromatic rings. The molecule has 0 aliphatic carbocycles. The molecule has 2 atom stereocenters. The quantitative estimate of drug-likeness (QED) is 0.742. The lowest BCUT2D eigenvalue weighted by Gasteiger charge is -2.34. The first-order valence-corrected chi connectivity index (χ1v) is 5.16. The number of nitrogen functional groups attached to an aromatic ring is 1. The van der Waals surface area contributed by atoms with Crippen LogP contribution in [0, 0.1) is 5.92 Å². The van der Waals surface area contributed by atoms with Gasteiger partial charge in [0.2, 0.25) is 0 Å². The van der Waals surface area contributed by atoms with Gasteiger partial charge in [-0.2, -0.15) is 4.98 Å². The number of amides is 1. The Hall–Kier alpha value is -1.79. The van der Waals surface area contributed by atoms with Crippen LogP contribution in [0.5, 0.6) is 0 Å². The van der Waals surface area contributed by atoms with E-state index >= 15 is 0 Å². The summed E-state index contributed by atoms with van der Waals surface area (Å²) in [4.78, 5) is 16.3. The third kappa shape index (κ3) is 1.93. The zero-order valence-corrected chi connectivity index (χ0v) is 8.96. The second kappa shape index (κ2) is 3.99. The summed E-state index contributed by atoms with van der Waals surface area (Å²) in [6.45, 7) is 2.56. The Morgan fingerprint density at radius 1 is 1.69 bits per heavy atom. The molecule has 1 amide bonds. The molecule has 3 N–H and O–H groups in total. The van der Waals surface area contributed by atoms with Crippen LogP contribution in [0.1, 0.15) is 31.7 Å². The first kappa shape index (κ1) is 10.7. The van der Waals surface area contributed by atoms with Gasteiger partial charge in [-0.1, -0.05) is 6.92 Å². The Kier molecular flexibility index (Phi) is 2.67. The van der Waals surface area contributed by atoms with Crippen molar-refractivity contribution in [3.8, 4) is 0 Å². The number of nitrogens with zero attached hydrogens (tertiary/aromatic N) is 3. The van der Waals surface area contributed by atoms with E-state index in [1.807, 2.05) is 0 Å². The van der Waals surface area contributed by atoms with Gasteiger partial charge in [-0.15, -0.1) is 0 Å². The van der Waals surface area contributed by atoms with Crippen molar-refractivity contribution in [1.82, 2.24) is 15.0 Å². The number of nitrogens with two attached hydrogens (primary N) is 1. The molecule has 1 saturated heterocycles. The van der Waals surface area contributed by atoms with E-state index in [1.54, 1.807) is 0 Å². The number of carboxylic acid groups (broad SMARTS) is 1. The fourth-order valence-electron chi connectivity index (χ4n) is 1.99. The normalized spacial score (nSPS) is 25.7. The largest absolute Gasteiger partial charge is 0.465 e. The van der Waals surface area contributed by atoms with Gasteiger partial charge >= 0.3 is 6.09 Å². The van der Waals surface area contributed by atoms with Crippen molar-refractivity contribution < 1.29 is 14.4 Å². The number of likely N-dealkylation sites (tertiary alicyclic amines) is 1. The molecule has 0 saturated carbocycles. The number of hydrogen-bond acceptors (Lipinski definition) is 5. The van der Waals surface area contributed by atoms with Crippen molar-refractivity contribution in [1.29, 1.82) is 0 Å². The first-order valence-electron chi connectivity index (χ1n) is 5.16. The molecule has 1 aliphatic heterocycles.